The maximum absolute atomic E-state index is 12.9. The molecule has 0 unspecified atom stereocenters. The Balaban J connectivity index is 1.51. The summed E-state index contributed by atoms with van der Waals surface area (Å²) in [5.74, 6) is 2.32. The zero-order chi connectivity index (χ0) is 21.2. The lowest BCUT2D eigenvalue weighted by Crippen LogP contribution is -2.16. The molecule has 4 aromatic rings. The highest BCUT2D eigenvalue weighted by atomic mass is 32.1. The third kappa shape index (κ3) is 3.83. The Labute approximate surface area is 182 Å². The van der Waals surface area contributed by atoms with Crippen LogP contribution in [0.2, 0.25) is 0 Å². The molecule has 0 atom stereocenters. The van der Waals surface area contributed by atoms with Gasteiger partial charge in [0.05, 0.1) is 10.2 Å². The van der Waals surface area contributed by atoms with E-state index in [2.05, 4.69) is 11.6 Å². The van der Waals surface area contributed by atoms with Crippen molar-refractivity contribution in [3.8, 4) is 23.0 Å². The Morgan fingerprint density at radius 1 is 1.06 bits per heavy atom. The summed E-state index contributed by atoms with van der Waals surface area (Å²) >= 11 is 1.42. The van der Waals surface area contributed by atoms with Crippen molar-refractivity contribution in [1.29, 1.82) is 0 Å². The van der Waals surface area contributed by atoms with Gasteiger partial charge in [-0.2, -0.15) is 4.99 Å². The first-order valence-electron chi connectivity index (χ1n) is 9.67. The van der Waals surface area contributed by atoms with Gasteiger partial charge < -0.3 is 18.8 Å². The predicted molar refractivity (Wildman–Crippen MR) is 119 cm³/mol. The maximum atomic E-state index is 12.9. The molecule has 1 aliphatic rings. The van der Waals surface area contributed by atoms with Crippen LogP contribution in [0.3, 0.4) is 0 Å². The summed E-state index contributed by atoms with van der Waals surface area (Å²) in [5, 5.41) is 0. The molecule has 0 bridgehead atoms. The molecule has 1 amide bonds. The molecule has 31 heavy (non-hydrogen) atoms. The SMILES string of the molecule is C=CCn1c(=NC(=O)c2cccc(Oc3ccccc3)c2)sc2cc3c(cc21)OCO3. The van der Waals surface area contributed by atoms with Crippen molar-refractivity contribution in [3.05, 3.63) is 89.7 Å². The van der Waals surface area contributed by atoms with Crippen LogP contribution in [-0.4, -0.2) is 17.3 Å². The van der Waals surface area contributed by atoms with E-state index >= 15 is 0 Å². The van der Waals surface area contributed by atoms with Gasteiger partial charge in [-0.3, -0.25) is 4.79 Å². The Morgan fingerprint density at radius 3 is 2.65 bits per heavy atom. The van der Waals surface area contributed by atoms with Gasteiger partial charge in [0, 0.05) is 24.2 Å². The highest BCUT2D eigenvalue weighted by molar-refractivity contribution is 7.16. The van der Waals surface area contributed by atoms with Crippen LogP contribution in [0.1, 0.15) is 10.4 Å². The van der Waals surface area contributed by atoms with Crippen molar-refractivity contribution < 1.29 is 19.0 Å². The van der Waals surface area contributed by atoms with Crippen molar-refractivity contribution >= 4 is 27.5 Å². The fourth-order valence-corrected chi connectivity index (χ4v) is 4.37. The molecule has 5 rings (SSSR count). The van der Waals surface area contributed by atoms with E-state index in [9.17, 15) is 4.79 Å². The molecule has 0 saturated carbocycles. The lowest BCUT2D eigenvalue weighted by atomic mass is 10.2. The maximum Gasteiger partial charge on any atom is 0.279 e. The van der Waals surface area contributed by atoms with Gasteiger partial charge in [0.2, 0.25) is 6.79 Å². The molecule has 154 valence electrons. The average molecular weight is 430 g/mol. The molecular formula is C24H18N2O4S. The molecule has 3 aromatic carbocycles. The number of hydrogen-bond donors (Lipinski definition) is 0. The minimum atomic E-state index is -0.345. The Kier molecular flexibility index (Phi) is 5.01. The molecular weight excluding hydrogens is 412 g/mol. The van der Waals surface area contributed by atoms with Crippen LogP contribution in [0.15, 0.2) is 84.4 Å². The first-order chi connectivity index (χ1) is 15.2. The highest BCUT2D eigenvalue weighted by Crippen LogP contribution is 2.37. The van der Waals surface area contributed by atoms with Crippen molar-refractivity contribution in [1.82, 2.24) is 4.57 Å². The smallest absolute Gasteiger partial charge is 0.279 e. The van der Waals surface area contributed by atoms with Gasteiger partial charge >= 0.3 is 0 Å². The number of carbonyl (C=O) groups excluding carboxylic acids is 1. The number of nitrogens with zero attached hydrogens (tertiary/aromatic N) is 2. The summed E-state index contributed by atoms with van der Waals surface area (Å²) in [6, 6.07) is 20.3. The number of amides is 1. The number of para-hydroxylation sites is 1. The Hall–Kier alpha value is -3.84. The minimum absolute atomic E-state index is 0.213. The molecule has 0 saturated heterocycles. The minimum Gasteiger partial charge on any atom is -0.457 e. The number of ether oxygens (including phenoxy) is 3. The summed E-state index contributed by atoms with van der Waals surface area (Å²) in [6.07, 6.45) is 1.77. The van der Waals surface area contributed by atoms with E-state index in [4.69, 9.17) is 14.2 Å². The number of carbonyl (C=O) groups is 1. The average Bonchev–Trinajstić information content (AvgIpc) is 3.37. The zero-order valence-corrected chi connectivity index (χ0v) is 17.3. The van der Waals surface area contributed by atoms with E-state index < -0.39 is 0 Å². The van der Waals surface area contributed by atoms with E-state index in [1.165, 1.54) is 11.3 Å². The molecule has 7 heteroatoms. The van der Waals surface area contributed by atoms with Gasteiger partial charge in [0.1, 0.15) is 11.5 Å². The van der Waals surface area contributed by atoms with E-state index in [0.717, 1.165) is 10.2 Å². The van der Waals surface area contributed by atoms with Gasteiger partial charge in [0.25, 0.3) is 5.91 Å². The molecule has 2 heterocycles. The quantitative estimate of drug-likeness (QED) is 0.411. The third-order valence-corrected chi connectivity index (χ3v) is 5.79. The van der Waals surface area contributed by atoms with Gasteiger partial charge in [-0.15, -0.1) is 6.58 Å². The molecule has 0 N–H and O–H groups in total. The van der Waals surface area contributed by atoms with Gasteiger partial charge in [-0.25, -0.2) is 0 Å². The normalized spacial score (nSPS) is 12.8. The number of allylic oxidation sites excluding steroid dienone is 1. The van der Waals surface area contributed by atoms with E-state index in [-0.39, 0.29) is 12.7 Å². The number of rotatable bonds is 5. The first kappa shape index (κ1) is 19.1. The second-order valence-electron chi connectivity index (χ2n) is 6.82. The van der Waals surface area contributed by atoms with Crippen LogP contribution >= 0.6 is 11.3 Å². The largest absolute Gasteiger partial charge is 0.457 e. The summed E-state index contributed by atoms with van der Waals surface area (Å²) in [5.41, 5.74) is 1.37. The van der Waals surface area contributed by atoms with Gasteiger partial charge in [0.15, 0.2) is 16.3 Å². The third-order valence-electron chi connectivity index (χ3n) is 4.75. The topological polar surface area (TPSA) is 62.1 Å². The van der Waals surface area contributed by atoms with Crippen LogP contribution in [0.5, 0.6) is 23.0 Å². The molecule has 0 spiro atoms. The van der Waals surface area contributed by atoms with Crippen molar-refractivity contribution in [3.63, 3.8) is 0 Å². The fraction of sp³-hybridized carbons (Fsp3) is 0.0833. The van der Waals surface area contributed by atoms with Gasteiger partial charge in [-0.1, -0.05) is 41.7 Å². The highest BCUT2D eigenvalue weighted by Gasteiger charge is 2.18. The number of fused-ring (bicyclic) bond motifs is 2. The lowest BCUT2D eigenvalue weighted by molar-refractivity contribution is 0.0997. The summed E-state index contributed by atoms with van der Waals surface area (Å²) in [4.78, 5) is 17.9. The fourth-order valence-electron chi connectivity index (χ4n) is 3.32. The molecule has 1 aromatic heterocycles. The standard InChI is InChI=1S/C24H18N2O4S/c1-2-11-26-19-13-20-21(29-15-28-20)14-22(19)31-24(26)25-23(27)16-7-6-10-18(12-16)30-17-8-4-3-5-9-17/h2-10,12-14H,1,11,15H2. The Morgan fingerprint density at radius 2 is 1.84 bits per heavy atom. The van der Waals surface area contributed by atoms with Crippen LogP contribution in [0, 0.1) is 0 Å². The van der Waals surface area contributed by atoms with Crippen LogP contribution < -0.4 is 19.0 Å². The number of benzene rings is 3. The number of thiazole rings is 1. The van der Waals surface area contributed by atoms with E-state index in [1.807, 2.05) is 53.1 Å². The summed E-state index contributed by atoms with van der Waals surface area (Å²) < 4.78 is 19.7. The lowest BCUT2D eigenvalue weighted by Gasteiger charge is -2.06. The molecule has 6 nitrogen and oxygen atoms in total. The zero-order valence-electron chi connectivity index (χ0n) is 16.5. The molecule has 0 radical (unpaired) electrons. The van der Waals surface area contributed by atoms with Crippen molar-refractivity contribution in [2.75, 3.05) is 6.79 Å². The van der Waals surface area contributed by atoms with Crippen LogP contribution in [0.25, 0.3) is 10.2 Å². The van der Waals surface area contributed by atoms with Crippen molar-refractivity contribution in [2.45, 2.75) is 6.54 Å². The summed E-state index contributed by atoms with van der Waals surface area (Å²) in [7, 11) is 0. The molecule has 0 fully saturated rings. The van der Waals surface area contributed by atoms with Crippen molar-refractivity contribution in [2.24, 2.45) is 4.99 Å². The number of aromatic nitrogens is 1. The predicted octanol–water partition coefficient (Wildman–Crippen LogP) is 5.15. The van der Waals surface area contributed by atoms with E-state index in [0.29, 0.717) is 39.9 Å². The second-order valence-corrected chi connectivity index (χ2v) is 7.83. The van der Waals surface area contributed by atoms with Crippen LogP contribution in [-0.2, 0) is 6.54 Å². The first-order valence-corrected chi connectivity index (χ1v) is 10.5. The molecule has 0 aliphatic carbocycles. The van der Waals surface area contributed by atoms with E-state index in [1.54, 1.807) is 24.3 Å². The number of hydrogen-bond acceptors (Lipinski definition) is 5. The van der Waals surface area contributed by atoms with Crippen LogP contribution in [0.4, 0.5) is 0 Å². The summed E-state index contributed by atoms with van der Waals surface area (Å²) in [6.45, 7) is 4.56. The molecule has 1 aliphatic heterocycles. The van der Waals surface area contributed by atoms with Gasteiger partial charge in [-0.05, 0) is 30.3 Å². The Bertz CT molecular complexity index is 1360. The monoisotopic (exact) mass is 430 g/mol. The second kappa shape index (κ2) is 8.12.